The number of furan rings is 1. The number of aromatic nitrogens is 2. The molecule has 2 N–H and O–H groups in total. The van der Waals surface area contributed by atoms with Crippen LogP contribution in [0.15, 0.2) is 57.9 Å². The second kappa shape index (κ2) is 10.2. The van der Waals surface area contributed by atoms with Gasteiger partial charge < -0.3 is 19.8 Å². The maximum Gasteiger partial charge on any atom is 0.329 e. The highest BCUT2D eigenvalue weighted by Gasteiger charge is 2.30. The Kier molecular flexibility index (Phi) is 7.40. The Morgan fingerprint density at radius 2 is 1.71 bits per heavy atom. The van der Waals surface area contributed by atoms with E-state index in [1.54, 1.807) is 62.8 Å². The van der Waals surface area contributed by atoms with E-state index in [2.05, 4.69) is 10.6 Å². The van der Waals surface area contributed by atoms with E-state index in [0.717, 1.165) is 0 Å². The van der Waals surface area contributed by atoms with E-state index in [1.807, 2.05) is 6.07 Å². The summed E-state index contributed by atoms with van der Waals surface area (Å²) in [6.07, 6.45) is 0.139. The molecule has 0 saturated carbocycles. The largest absolute Gasteiger partial charge is 0.459 e. The van der Waals surface area contributed by atoms with E-state index in [0.29, 0.717) is 11.4 Å². The van der Waals surface area contributed by atoms with Crippen LogP contribution in [0.1, 0.15) is 37.0 Å². The average molecular weight is 469 g/mol. The number of para-hydroxylation sites is 1. The molecule has 0 spiro atoms. The van der Waals surface area contributed by atoms with E-state index < -0.39 is 35.5 Å². The number of esters is 1. The van der Waals surface area contributed by atoms with Crippen LogP contribution in [-0.2, 0) is 21.4 Å². The van der Waals surface area contributed by atoms with Gasteiger partial charge in [-0.3, -0.25) is 19.1 Å². The zero-order chi connectivity index (χ0) is 25.0. The highest BCUT2D eigenvalue weighted by molar-refractivity contribution is 5.97. The van der Waals surface area contributed by atoms with Gasteiger partial charge in [-0.1, -0.05) is 32.0 Å². The van der Waals surface area contributed by atoms with Crippen molar-refractivity contribution in [3.05, 3.63) is 70.5 Å². The number of hydrogen-bond acceptors (Lipinski definition) is 6. The third-order valence-corrected chi connectivity index (χ3v) is 5.42. The van der Waals surface area contributed by atoms with Crippen LogP contribution in [0.5, 0.6) is 0 Å². The van der Waals surface area contributed by atoms with Crippen molar-refractivity contribution in [3.63, 3.8) is 0 Å². The van der Waals surface area contributed by atoms with Crippen LogP contribution in [0.3, 0.4) is 0 Å². The summed E-state index contributed by atoms with van der Waals surface area (Å²) in [5, 5.41) is 5.14. The van der Waals surface area contributed by atoms with Gasteiger partial charge in [-0.25, -0.2) is 9.48 Å². The summed E-state index contributed by atoms with van der Waals surface area (Å²) in [5.41, 5.74) is 0.853. The van der Waals surface area contributed by atoms with Crippen LogP contribution in [0, 0.1) is 12.8 Å². The molecule has 2 amide bonds. The number of anilines is 1. The van der Waals surface area contributed by atoms with Gasteiger partial charge in [0.25, 0.3) is 17.4 Å². The van der Waals surface area contributed by atoms with Crippen LogP contribution < -0.4 is 16.2 Å². The molecule has 3 aromatic rings. The molecule has 0 bridgehead atoms. The fourth-order valence-electron chi connectivity index (χ4n) is 3.36. The lowest BCUT2D eigenvalue weighted by Crippen LogP contribution is -2.47. The quantitative estimate of drug-likeness (QED) is 0.489. The van der Waals surface area contributed by atoms with Gasteiger partial charge in [0.05, 0.1) is 17.6 Å². The van der Waals surface area contributed by atoms with Gasteiger partial charge in [0.2, 0.25) is 0 Å². The zero-order valence-corrected chi connectivity index (χ0v) is 19.7. The number of benzene rings is 1. The Hall–Kier alpha value is -4.08. The standard InChI is InChI=1S/C24H28N4O6/c1-14(2)19(25-22(30)18-12-9-13-33-18)24(32)34-16(4)21(29)26-20-15(3)27(5)28(23(20)31)17-10-7-6-8-11-17/h6-14,16,19H,1-5H3,(H,25,30)(H,26,29)/t16-,19-/m0/s1. The summed E-state index contributed by atoms with van der Waals surface area (Å²) in [6, 6.07) is 11.0. The minimum Gasteiger partial charge on any atom is -0.459 e. The minimum absolute atomic E-state index is 0.0542. The molecular formula is C24H28N4O6. The van der Waals surface area contributed by atoms with Crippen molar-refractivity contribution >= 4 is 23.5 Å². The van der Waals surface area contributed by atoms with Gasteiger partial charge in [-0.05, 0) is 44.0 Å². The number of carbonyl (C=O) groups is 3. The molecule has 0 aliphatic heterocycles. The van der Waals surface area contributed by atoms with Crippen LogP contribution in [0.25, 0.3) is 5.69 Å². The van der Waals surface area contributed by atoms with Crippen molar-refractivity contribution in [1.29, 1.82) is 0 Å². The van der Waals surface area contributed by atoms with Crippen LogP contribution >= 0.6 is 0 Å². The van der Waals surface area contributed by atoms with Gasteiger partial charge in [-0.15, -0.1) is 0 Å². The van der Waals surface area contributed by atoms with Gasteiger partial charge in [-0.2, -0.15) is 0 Å². The lowest BCUT2D eigenvalue weighted by atomic mass is 10.0. The molecule has 2 aromatic heterocycles. The fourth-order valence-corrected chi connectivity index (χ4v) is 3.36. The first-order chi connectivity index (χ1) is 16.1. The molecule has 2 heterocycles. The number of ether oxygens (including phenoxy) is 1. The summed E-state index contributed by atoms with van der Waals surface area (Å²) >= 11 is 0. The predicted molar refractivity (Wildman–Crippen MR) is 125 cm³/mol. The number of rotatable bonds is 8. The van der Waals surface area contributed by atoms with Crippen molar-refractivity contribution in [1.82, 2.24) is 14.7 Å². The smallest absolute Gasteiger partial charge is 0.329 e. The topological polar surface area (TPSA) is 125 Å². The average Bonchev–Trinajstić information content (AvgIpc) is 3.41. The van der Waals surface area contributed by atoms with Crippen molar-refractivity contribution in [2.24, 2.45) is 13.0 Å². The molecule has 0 aliphatic rings. The Morgan fingerprint density at radius 3 is 2.29 bits per heavy atom. The SMILES string of the molecule is Cc1c(NC(=O)[C@H](C)OC(=O)[C@@H](NC(=O)c2ccco2)C(C)C)c(=O)n(-c2ccccc2)n1C. The number of carbonyl (C=O) groups excluding carboxylic acids is 3. The number of nitrogens with one attached hydrogen (secondary N) is 2. The molecule has 0 saturated heterocycles. The molecule has 0 aliphatic carbocycles. The molecule has 10 nitrogen and oxygen atoms in total. The molecule has 180 valence electrons. The summed E-state index contributed by atoms with van der Waals surface area (Å²) in [4.78, 5) is 50.7. The molecule has 0 radical (unpaired) electrons. The van der Waals surface area contributed by atoms with Crippen molar-refractivity contribution < 1.29 is 23.5 Å². The first-order valence-electron chi connectivity index (χ1n) is 10.8. The Bertz CT molecular complexity index is 1220. The van der Waals surface area contributed by atoms with Gasteiger partial charge in [0, 0.05) is 7.05 Å². The summed E-state index contributed by atoms with van der Waals surface area (Å²) in [5.74, 6) is -2.27. The lowest BCUT2D eigenvalue weighted by Gasteiger charge is -2.22. The molecule has 34 heavy (non-hydrogen) atoms. The molecule has 1 aromatic carbocycles. The van der Waals surface area contributed by atoms with E-state index in [1.165, 1.54) is 23.9 Å². The van der Waals surface area contributed by atoms with Gasteiger partial charge in [0.15, 0.2) is 11.9 Å². The highest BCUT2D eigenvalue weighted by atomic mass is 16.5. The maximum atomic E-state index is 13.0. The summed E-state index contributed by atoms with van der Waals surface area (Å²) < 4.78 is 13.4. The second-order valence-electron chi connectivity index (χ2n) is 8.18. The van der Waals surface area contributed by atoms with Crippen LogP contribution in [0.4, 0.5) is 5.69 Å². The Balaban J connectivity index is 1.71. The molecule has 3 rings (SSSR count). The van der Waals surface area contributed by atoms with Crippen LogP contribution in [0.2, 0.25) is 0 Å². The first kappa shape index (κ1) is 24.6. The van der Waals surface area contributed by atoms with Gasteiger partial charge in [0.1, 0.15) is 11.7 Å². The van der Waals surface area contributed by atoms with E-state index >= 15 is 0 Å². The molecule has 2 atom stereocenters. The zero-order valence-electron chi connectivity index (χ0n) is 19.7. The Morgan fingerprint density at radius 1 is 1.03 bits per heavy atom. The third kappa shape index (κ3) is 5.11. The van der Waals surface area contributed by atoms with Crippen LogP contribution in [-0.4, -0.2) is 39.3 Å². The minimum atomic E-state index is -1.21. The highest BCUT2D eigenvalue weighted by Crippen LogP contribution is 2.15. The number of amides is 2. The summed E-state index contributed by atoms with van der Waals surface area (Å²) in [6.45, 7) is 6.57. The normalized spacial score (nSPS) is 12.8. The van der Waals surface area contributed by atoms with E-state index in [9.17, 15) is 19.2 Å². The molecule has 10 heteroatoms. The fraction of sp³-hybridized carbons (Fsp3) is 0.333. The summed E-state index contributed by atoms with van der Waals surface area (Å²) in [7, 11) is 1.71. The third-order valence-electron chi connectivity index (χ3n) is 5.42. The van der Waals surface area contributed by atoms with Crippen molar-refractivity contribution in [3.8, 4) is 5.69 Å². The van der Waals surface area contributed by atoms with Gasteiger partial charge >= 0.3 is 5.97 Å². The van der Waals surface area contributed by atoms with E-state index in [-0.39, 0.29) is 17.4 Å². The predicted octanol–water partition coefficient (Wildman–Crippen LogP) is 2.40. The molecule has 0 fully saturated rings. The second-order valence-corrected chi connectivity index (χ2v) is 8.18. The van der Waals surface area contributed by atoms with Crippen molar-refractivity contribution in [2.75, 3.05) is 5.32 Å². The first-order valence-corrected chi connectivity index (χ1v) is 10.8. The monoisotopic (exact) mass is 468 g/mol. The lowest BCUT2D eigenvalue weighted by molar-refractivity contribution is -0.156. The molecule has 0 unspecified atom stereocenters. The number of nitrogens with zero attached hydrogens (tertiary/aromatic N) is 2. The number of hydrogen-bond donors (Lipinski definition) is 2. The maximum absolute atomic E-state index is 13.0. The van der Waals surface area contributed by atoms with E-state index in [4.69, 9.17) is 9.15 Å². The van der Waals surface area contributed by atoms with Crippen molar-refractivity contribution in [2.45, 2.75) is 39.8 Å². The molecular weight excluding hydrogens is 440 g/mol. The Labute approximate surface area is 196 Å².